The average Bonchev–Trinajstić information content (AvgIpc) is 2.64. The van der Waals surface area contributed by atoms with Crippen LogP contribution in [0.1, 0.15) is 32.8 Å². The summed E-state index contributed by atoms with van der Waals surface area (Å²) in [6.07, 6.45) is 1.54. The van der Waals surface area contributed by atoms with E-state index >= 15 is 0 Å². The van der Waals surface area contributed by atoms with Gasteiger partial charge in [-0.25, -0.2) is 8.42 Å². The summed E-state index contributed by atoms with van der Waals surface area (Å²) in [7, 11) is -3.82. The first-order valence-electron chi connectivity index (χ1n) is 9.43. The third-order valence-corrected chi connectivity index (χ3v) is 6.58. The Kier molecular flexibility index (Phi) is 5.65. The Balaban J connectivity index is 2.05. The lowest BCUT2D eigenvalue weighted by molar-refractivity contribution is -0.116. The largest absolute Gasteiger partial charge is 0.508 e. The Labute approximate surface area is 166 Å². The van der Waals surface area contributed by atoms with Gasteiger partial charge in [0.2, 0.25) is 5.91 Å². The Morgan fingerprint density at radius 2 is 1.96 bits per heavy atom. The van der Waals surface area contributed by atoms with Crippen molar-refractivity contribution in [3.63, 3.8) is 0 Å². The molecule has 0 radical (unpaired) electrons. The second-order valence-corrected chi connectivity index (χ2v) is 9.38. The number of carbonyl (C=O) groups excluding carboxylic acids is 1. The molecule has 0 bridgehead atoms. The minimum Gasteiger partial charge on any atom is -0.508 e. The summed E-state index contributed by atoms with van der Waals surface area (Å²) in [6.45, 7) is 6.36. The number of hydrogen-bond donors (Lipinski definition) is 1. The molecule has 1 N–H and O–H groups in total. The topological polar surface area (TPSA) is 77.9 Å². The van der Waals surface area contributed by atoms with Crippen molar-refractivity contribution in [3.05, 3.63) is 48.0 Å². The van der Waals surface area contributed by atoms with Gasteiger partial charge in [-0.3, -0.25) is 9.10 Å². The van der Waals surface area contributed by atoms with Gasteiger partial charge in [0, 0.05) is 31.8 Å². The number of phenols is 1. The van der Waals surface area contributed by atoms with E-state index in [1.54, 1.807) is 35.2 Å². The number of fused-ring (bicyclic) bond motifs is 1. The summed E-state index contributed by atoms with van der Waals surface area (Å²) in [6, 6.07) is 11.2. The molecule has 2 aromatic carbocycles. The lowest BCUT2D eigenvalue weighted by atomic mass is 10.0. The number of anilines is 2. The quantitative estimate of drug-likeness (QED) is 0.830. The molecule has 3 rings (SSSR count). The highest BCUT2D eigenvalue weighted by Gasteiger charge is 2.28. The third-order valence-electron chi connectivity index (χ3n) is 4.79. The molecule has 0 saturated heterocycles. The van der Waals surface area contributed by atoms with Crippen LogP contribution >= 0.6 is 0 Å². The molecule has 1 aliphatic heterocycles. The first-order chi connectivity index (χ1) is 13.2. The van der Waals surface area contributed by atoms with Crippen molar-refractivity contribution in [1.29, 1.82) is 0 Å². The highest BCUT2D eigenvalue weighted by Crippen LogP contribution is 2.32. The minimum absolute atomic E-state index is 0.0176. The van der Waals surface area contributed by atoms with Crippen molar-refractivity contribution in [2.45, 2.75) is 38.5 Å². The number of rotatable bonds is 5. The van der Waals surface area contributed by atoms with Gasteiger partial charge in [-0.05, 0) is 54.7 Å². The van der Waals surface area contributed by atoms with Crippen LogP contribution in [0.15, 0.2) is 47.4 Å². The van der Waals surface area contributed by atoms with E-state index in [9.17, 15) is 18.3 Å². The Morgan fingerprint density at radius 3 is 2.61 bits per heavy atom. The zero-order valence-corrected chi connectivity index (χ0v) is 17.2. The number of nitrogens with zero attached hydrogens (tertiary/aromatic N) is 2. The van der Waals surface area contributed by atoms with E-state index in [2.05, 4.69) is 0 Å². The standard InChI is InChI=1S/C21H26N2O4S/c1-15(2)14-23(18-7-4-8-19(25)13-18)28(26,27)20-9-10-21-17(12-20)6-5-11-22(21)16(3)24/h4,7-10,12-13,15,25H,5-6,11,14H2,1-3H3. The van der Waals surface area contributed by atoms with Gasteiger partial charge in [0.15, 0.2) is 0 Å². The minimum atomic E-state index is -3.82. The highest BCUT2D eigenvalue weighted by atomic mass is 32.2. The summed E-state index contributed by atoms with van der Waals surface area (Å²) in [4.78, 5) is 13.8. The number of aromatic hydroxyl groups is 1. The van der Waals surface area contributed by atoms with Gasteiger partial charge in [0.1, 0.15) is 5.75 Å². The van der Waals surface area contributed by atoms with Gasteiger partial charge < -0.3 is 10.0 Å². The summed E-state index contributed by atoms with van der Waals surface area (Å²) in [5, 5.41) is 9.81. The molecule has 0 saturated carbocycles. The first-order valence-corrected chi connectivity index (χ1v) is 10.9. The SMILES string of the molecule is CC(=O)N1CCCc2cc(S(=O)(=O)N(CC(C)C)c3cccc(O)c3)ccc21. The fourth-order valence-electron chi connectivity index (χ4n) is 3.51. The second-order valence-electron chi connectivity index (χ2n) is 7.51. The van der Waals surface area contributed by atoms with Crippen molar-refractivity contribution < 1.29 is 18.3 Å². The van der Waals surface area contributed by atoms with Gasteiger partial charge in [-0.1, -0.05) is 19.9 Å². The van der Waals surface area contributed by atoms with E-state index < -0.39 is 10.0 Å². The number of benzene rings is 2. The van der Waals surface area contributed by atoms with Crippen molar-refractivity contribution >= 4 is 27.3 Å². The number of amides is 1. The molecular weight excluding hydrogens is 376 g/mol. The maximum atomic E-state index is 13.4. The van der Waals surface area contributed by atoms with E-state index in [-0.39, 0.29) is 22.5 Å². The molecule has 2 aromatic rings. The molecule has 0 spiro atoms. The molecule has 0 aliphatic carbocycles. The van der Waals surface area contributed by atoms with Crippen molar-refractivity contribution in [1.82, 2.24) is 0 Å². The third kappa shape index (κ3) is 3.99. The number of hydrogen-bond acceptors (Lipinski definition) is 4. The highest BCUT2D eigenvalue weighted by molar-refractivity contribution is 7.92. The molecule has 1 heterocycles. The van der Waals surface area contributed by atoms with Crippen LogP contribution in [0.25, 0.3) is 0 Å². The van der Waals surface area contributed by atoms with Gasteiger partial charge in [0.05, 0.1) is 10.6 Å². The number of carbonyl (C=O) groups is 1. The smallest absolute Gasteiger partial charge is 0.264 e. The van der Waals surface area contributed by atoms with E-state index in [1.165, 1.54) is 23.4 Å². The Hall–Kier alpha value is -2.54. The van der Waals surface area contributed by atoms with Gasteiger partial charge >= 0.3 is 0 Å². The molecule has 150 valence electrons. The predicted molar refractivity (Wildman–Crippen MR) is 110 cm³/mol. The average molecular weight is 403 g/mol. The number of phenolic OH excluding ortho intramolecular Hbond substituents is 1. The van der Waals surface area contributed by atoms with Crippen molar-refractivity contribution in [2.75, 3.05) is 22.3 Å². The summed E-state index contributed by atoms with van der Waals surface area (Å²) in [5.41, 5.74) is 2.07. The Bertz CT molecular complexity index is 986. The van der Waals surface area contributed by atoms with E-state index in [4.69, 9.17) is 0 Å². The zero-order chi connectivity index (χ0) is 20.5. The van der Waals surface area contributed by atoms with E-state index in [0.29, 0.717) is 18.8 Å². The normalized spacial score (nSPS) is 14.1. The molecular formula is C21H26N2O4S. The maximum Gasteiger partial charge on any atom is 0.264 e. The fourth-order valence-corrected chi connectivity index (χ4v) is 5.18. The second kappa shape index (κ2) is 7.83. The molecule has 0 fully saturated rings. The van der Waals surface area contributed by atoms with Crippen LogP contribution in [0.2, 0.25) is 0 Å². The summed E-state index contributed by atoms with van der Waals surface area (Å²) >= 11 is 0. The monoisotopic (exact) mass is 402 g/mol. The first kappa shape index (κ1) is 20.2. The van der Waals surface area contributed by atoms with Gasteiger partial charge in [-0.2, -0.15) is 0 Å². The molecule has 0 atom stereocenters. The summed E-state index contributed by atoms with van der Waals surface area (Å²) < 4.78 is 28.2. The predicted octanol–water partition coefficient (Wildman–Crippen LogP) is 3.54. The summed E-state index contributed by atoms with van der Waals surface area (Å²) in [5.74, 6) is 0.0738. The van der Waals surface area contributed by atoms with E-state index in [1.807, 2.05) is 13.8 Å². The van der Waals surface area contributed by atoms with Gasteiger partial charge in [-0.15, -0.1) is 0 Å². The molecule has 0 unspecified atom stereocenters. The van der Waals surface area contributed by atoms with Crippen LogP contribution in [-0.2, 0) is 21.2 Å². The lowest BCUT2D eigenvalue weighted by Gasteiger charge is -2.30. The van der Waals surface area contributed by atoms with Crippen LogP contribution in [-0.4, -0.2) is 32.5 Å². The van der Waals surface area contributed by atoms with Crippen molar-refractivity contribution in [3.8, 4) is 5.75 Å². The van der Waals surface area contributed by atoms with Crippen LogP contribution in [0, 0.1) is 5.92 Å². The van der Waals surface area contributed by atoms with Crippen LogP contribution in [0.5, 0.6) is 5.75 Å². The molecule has 6 nitrogen and oxygen atoms in total. The Morgan fingerprint density at radius 1 is 1.21 bits per heavy atom. The fraction of sp³-hybridized carbons (Fsp3) is 0.381. The van der Waals surface area contributed by atoms with Crippen LogP contribution in [0.3, 0.4) is 0 Å². The molecule has 0 aromatic heterocycles. The number of sulfonamides is 1. The zero-order valence-electron chi connectivity index (χ0n) is 16.4. The molecule has 7 heteroatoms. The number of aryl methyl sites for hydroxylation is 1. The van der Waals surface area contributed by atoms with Crippen molar-refractivity contribution in [2.24, 2.45) is 5.92 Å². The molecule has 1 amide bonds. The van der Waals surface area contributed by atoms with Gasteiger partial charge in [0.25, 0.3) is 10.0 Å². The lowest BCUT2D eigenvalue weighted by Crippen LogP contribution is -2.35. The van der Waals surface area contributed by atoms with Crippen LogP contribution in [0.4, 0.5) is 11.4 Å². The molecule has 1 aliphatic rings. The molecule has 28 heavy (non-hydrogen) atoms. The van der Waals surface area contributed by atoms with E-state index in [0.717, 1.165) is 24.1 Å². The maximum absolute atomic E-state index is 13.4. The van der Waals surface area contributed by atoms with Crippen LogP contribution < -0.4 is 9.21 Å².